The summed E-state index contributed by atoms with van der Waals surface area (Å²) in [5, 5.41) is 0. The van der Waals surface area contributed by atoms with Gasteiger partial charge in [0.2, 0.25) is 0 Å². The Morgan fingerprint density at radius 2 is 1.20 bits per heavy atom. The Morgan fingerprint density at radius 3 is 1.84 bits per heavy atom. The van der Waals surface area contributed by atoms with Crippen molar-refractivity contribution in [2.75, 3.05) is 0 Å². The highest BCUT2D eigenvalue weighted by molar-refractivity contribution is 5.63. The van der Waals surface area contributed by atoms with Crippen LogP contribution in [0.2, 0.25) is 0 Å². The minimum Gasteiger partial charge on any atom is -0.326 e. The van der Waals surface area contributed by atoms with E-state index in [0.29, 0.717) is 0 Å². The Balaban J connectivity index is 1.74. The highest BCUT2D eigenvalue weighted by Crippen LogP contribution is 2.26. The van der Waals surface area contributed by atoms with Gasteiger partial charge in [-0.1, -0.05) is 91.0 Å². The van der Waals surface area contributed by atoms with E-state index in [2.05, 4.69) is 95.6 Å². The van der Waals surface area contributed by atoms with Crippen LogP contribution >= 0.6 is 0 Å². The second-order valence-electron chi connectivity index (χ2n) is 6.18. The molecule has 4 aromatic rings. The zero-order valence-electron chi connectivity index (χ0n) is 14.0. The average Bonchev–Trinajstić information content (AvgIpc) is 3.06. The number of aromatic nitrogens is 2. The van der Waals surface area contributed by atoms with Crippen LogP contribution in [0.1, 0.15) is 16.8 Å². The third-order valence-corrected chi connectivity index (χ3v) is 4.37. The third kappa shape index (κ3) is 3.53. The standard InChI is InChI=1S/C23H20N2/c1-4-10-19(11-5-1)16-22-23(21-14-8-3-9-15-21)25(18-24-22)17-20-12-6-2-7-13-20/h1-15,18H,16-17H2. The minimum atomic E-state index is 0.826. The van der Waals surface area contributed by atoms with Gasteiger partial charge in [0.05, 0.1) is 17.7 Å². The fourth-order valence-corrected chi connectivity index (χ4v) is 3.17. The van der Waals surface area contributed by atoms with Crippen molar-refractivity contribution < 1.29 is 0 Å². The summed E-state index contributed by atoms with van der Waals surface area (Å²) in [4.78, 5) is 4.75. The van der Waals surface area contributed by atoms with E-state index in [1.807, 2.05) is 6.33 Å². The Kier molecular flexibility index (Phi) is 4.42. The molecule has 4 rings (SSSR count). The Hall–Kier alpha value is -3.13. The van der Waals surface area contributed by atoms with Gasteiger partial charge >= 0.3 is 0 Å². The fraction of sp³-hybridized carbons (Fsp3) is 0.0870. The summed E-state index contributed by atoms with van der Waals surface area (Å²) in [6, 6.07) is 31.6. The molecule has 0 N–H and O–H groups in total. The molecule has 0 unspecified atom stereocenters. The summed E-state index contributed by atoms with van der Waals surface area (Å²) in [5.41, 5.74) is 6.09. The molecule has 0 radical (unpaired) electrons. The summed E-state index contributed by atoms with van der Waals surface area (Å²) in [6.07, 6.45) is 2.81. The molecule has 0 aliphatic rings. The molecule has 2 heteroatoms. The molecule has 0 saturated carbocycles. The molecule has 0 bridgehead atoms. The van der Waals surface area contributed by atoms with Crippen LogP contribution in [-0.2, 0) is 13.0 Å². The quantitative estimate of drug-likeness (QED) is 0.494. The molecule has 0 fully saturated rings. The summed E-state index contributed by atoms with van der Waals surface area (Å²) < 4.78 is 2.25. The molecule has 0 spiro atoms. The van der Waals surface area contributed by atoms with E-state index in [4.69, 9.17) is 4.98 Å². The van der Waals surface area contributed by atoms with Gasteiger partial charge in [0.15, 0.2) is 0 Å². The maximum atomic E-state index is 4.75. The van der Waals surface area contributed by atoms with Crippen LogP contribution in [0.5, 0.6) is 0 Å². The van der Waals surface area contributed by atoms with Gasteiger partial charge in [-0.15, -0.1) is 0 Å². The number of nitrogens with zero attached hydrogens (tertiary/aromatic N) is 2. The van der Waals surface area contributed by atoms with Crippen LogP contribution in [0.25, 0.3) is 11.3 Å². The Labute approximate surface area is 148 Å². The first-order chi connectivity index (χ1) is 12.4. The molecule has 0 amide bonds. The van der Waals surface area contributed by atoms with Crippen LogP contribution in [-0.4, -0.2) is 9.55 Å². The molecule has 1 heterocycles. The molecule has 0 saturated heterocycles. The first kappa shape index (κ1) is 15.4. The maximum Gasteiger partial charge on any atom is 0.0957 e. The van der Waals surface area contributed by atoms with E-state index < -0.39 is 0 Å². The topological polar surface area (TPSA) is 17.8 Å². The van der Waals surface area contributed by atoms with Gasteiger partial charge in [0.1, 0.15) is 0 Å². The molecule has 0 aliphatic heterocycles. The lowest BCUT2D eigenvalue weighted by Gasteiger charge is -2.11. The van der Waals surface area contributed by atoms with Crippen LogP contribution < -0.4 is 0 Å². The van der Waals surface area contributed by atoms with Crippen molar-refractivity contribution in [2.24, 2.45) is 0 Å². The molecule has 3 aromatic carbocycles. The van der Waals surface area contributed by atoms with Crippen molar-refractivity contribution in [3.05, 3.63) is 114 Å². The third-order valence-electron chi connectivity index (χ3n) is 4.37. The minimum absolute atomic E-state index is 0.826. The zero-order chi connectivity index (χ0) is 16.9. The second kappa shape index (κ2) is 7.18. The van der Waals surface area contributed by atoms with Crippen molar-refractivity contribution >= 4 is 0 Å². The monoisotopic (exact) mass is 324 g/mol. The van der Waals surface area contributed by atoms with Crippen molar-refractivity contribution in [1.82, 2.24) is 9.55 Å². The number of hydrogen-bond acceptors (Lipinski definition) is 1. The van der Waals surface area contributed by atoms with Crippen LogP contribution in [0.3, 0.4) is 0 Å². The SMILES string of the molecule is c1ccc(Cc2ncn(Cc3ccccc3)c2-c2ccccc2)cc1. The fourth-order valence-electron chi connectivity index (χ4n) is 3.17. The van der Waals surface area contributed by atoms with Crippen molar-refractivity contribution in [3.63, 3.8) is 0 Å². The number of hydrogen-bond donors (Lipinski definition) is 0. The van der Waals surface area contributed by atoms with E-state index in [-0.39, 0.29) is 0 Å². The normalized spacial score (nSPS) is 10.7. The largest absolute Gasteiger partial charge is 0.326 e. The molecule has 2 nitrogen and oxygen atoms in total. The molecular weight excluding hydrogens is 304 g/mol. The molecule has 0 atom stereocenters. The van der Waals surface area contributed by atoms with E-state index in [1.165, 1.54) is 22.4 Å². The van der Waals surface area contributed by atoms with E-state index >= 15 is 0 Å². The van der Waals surface area contributed by atoms with Crippen molar-refractivity contribution in [1.29, 1.82) is 0 Å². The molecule has 1 aromatic heterocycles. The molecule has 122 valence electrons. The Bertz CT molecular complexity index is 867. The lowest BCUT2D eigenvalue weighted by Crippen LogP contribution is -2.02. The predicted octanol–water partition coefficient (Wildman–Crippen LogP) is 5.19. The van der Waals surface area contributed by atoms with Gasteiger partial charge in [-0.2, -0.15) is 0 Å². The van der Waals surface area contributed by atoms with E-state index in [1.54, 1.807) is 0 Å². The van der Waals surface area contributed by atoms with Gasteiger partial charge in [-0.25, -0.2) is 4.98 Å². The average molecular weight is 324 g/mol. The lowest BCUT2D eigenvalue weighted by molar-refractivity contribution is 0.804. The summed E-state index contributed by atoms with van der Waals surface area (Å²) >= 11 is 0. The summed E-state index contributed by atoms with van der Waals surface area (Å²) in [7, 11) is 0. The summed E-state index contributed by atoms with van der Waals surface area (Å²) in [6.45, 7) is 0.826. The van der Waals surface area contributed by atoms with Crippen LogP contribution in [0, 0.1) is 0 Å². The first-order valence-electron chi connectivity index (χ1n) is 8.57. The Morgan fingerprint density at radius 1 is 0.640 bits per heavy atom. The number of imidazole rings is 1. The van der Waals surface area contributed by atoms with Gasteiger partial charge in [0, 0.05) is 18.5 Å². The van der Waals surface area contributed by atoms with Crippen molar-refractivity contribution in [3.8, 4) is 11.3 Å². The lowest BCUT2D eigenvalue weighted by atomic mass is 10.0. The zero-order valence-corrected chi connectivity index (χ0v) is 14.0. The second-order valence-corrected chi connectivity index (χ2v) is 6.18. The first-order valence-corrected chi connectivity index (χ1v) is 8.57. The molecule has 25 heavy (non-hydrogen) atoms. The van der Waals surface area contributed by atoms with Gasteiger partial charge in [0.25, 0.3) is 0 Å². The smallest absolute Gasteiger partial charge is 0.0957 e. The maximum absolute atomic E-state index is 4.75. The molecule has 0 aliphatic carbocycles. The number of rotatable bonds is 5. The van der Waals surface area contributed by atoms with Gasteiger partial charge in [-0.05, 0) is 11.1 Å². The number of benzene rings is 3. The van der Waals surface area contributed by atoms with Crippen LogP contribution in [0.4, 0.5) is 0 Å². The van der Waals surface area contributed by atoms with Crippen LogP contribution in [0.15, 0.2) is 97.3 Å². The summed E-state index contributed by atoms with van der Waals surface area (Å²) in [5.74, 6) is 0. The van der Waals surface area contributed by atoms with Crippen molar-refractivity contribution in [2.45, 2.75) is 13.0 Å². The highest BCUT2D eigenvalue weighted by atomic mass is 15.1. The predicted molar refractivity (Wildman–Crippen MR) is 102 cm³/mol. The highest BCUT2D eigenvalue weighted by Gasteiger charge is 2.13. The van der Waals surface area contributed by atoms with Gasteiger partial charge < -0.3 is 4.57 Å². The van der Waals surface area contributed by atoms with Gasteiger partial charge in [-0.3, -0.25) is 0 Å². The van der Waals surface area contributed by atoms with E-state index in [0.717, 1.165) is 18.7 Å². The molecular formula is C23H20N2. The van der Waals surface area contributed by atoms with E-state index in [9.17, 15) is 0 Å².